The minimum Gasteiger partial charge on any atom is -0.508 e. The maximum atomic E-state index is 14.0. The number of hydrogen-bond acceptors (Lipinski definition) is 10. The lowest BCUT2D eigenvalue weighted by Gasteiger charge is -2.40. The van der Waals surface area contributed by atoms with E-state index in [4.69, 9.17) is 19.9 Å². The number of benzene rings is 1. The summed E-state index contributed by atoms with van der Waals surface area (Å²) in [6.45, 7) is 4.31. The van der Waals surface area contributed by atoms with Crippen molar-refractivity contribution in [2.24, 2.45) is 5.73 Å². The summed E-state index contributed by atoms with van der Waals surface area (Å²) in [5.74, 6) is -4.80. The molecule has 2 heterocycles. The van der Waals surface area contributed by atoms with E-state index in [9.17, 15) is 34.2 Å². The van der Waals surface area contributed by atoms with Crippen molar-refractivity contribution in [2.75, 3.05) is 39.4 Å². The standard InChI is InChI=1S/C29H36N4O10/c1-3-41-27(39)29(10-5-11-29)43-24-18-7-6-17(34)16-20(18)31-23(22(24)25(30)37)19(8-9-21(35)36)26(38)32-12-14-33(15-13-32)28(40)42-4-2/h6-7,16,19,34H,3-5,8-15H2,1-2H3,(H2,30,37)(H,35,36). The molecule has 1 saturated carbocycles. The first kappa shape index (κ1) is 31.3. The number of aromatic hydroxyl groups is 1. The quantitative estimate of drug-likeness (QED) is 0.319. The van der Waals surface area contributed by atoms with Gasteiger partial charge in [0.2, 0.25) is 11.5 Å². The van der Waals surface area contributed by atoms with Crippen LogP contribution in [0.3, 0.4) is 0 Å². The van der Waals surface area contributed by atoms with Crippen LogP contribution in [0.25, 0.3) is 10.9 Å². The molecular weight excluding hydrogens is 564 g/mol. The molecule has 1 saturated heterocycles. The predicted octanol–water partition coefficient (Wildman–Crippen LogP) is 2.15. The van der Waals surface area contributed by atoms with E-state index in [1.807, 2.05) is 0 Å². The van der Waals surface area contributed by atoms with Gasteiger partial charge in [-0.05, 0) is 51.7 Å². The zero-order valence-electron chi connectivity index (χ0n) is 24.2. The van der Waals surface area contributed by atoms with Gasteiger partial charge in [0.25, 0.3) is 5.91 Å². The molecule has 2 aliphatic rings. The van der Waals surface area contributed by atoms with Gasteiger partial charge < -0.3 is 40.0 Å². The van der Waals surface area contributed by atoms with Crippen LogP contribution in [0, 0.1) is 0 Å². The third-order valence-corrected chi connectivity index (χ3v) is 7.69. The maximum Gasteiger partial charge on any atom is 0.409 e. The molecule has 14 nitrogen and oxygen atoms in total. The Labute approximate surface area is 247 Å². The van der Waals surface area contributed by atoms with Crippen LogP contribution in [-0.4, -0.2) is 99.8 Å². The molecule has 0 radical (unpaired) electrons. The summed E-state index contributed by atoms with van der Waals surface area (Å²) in [5.41, 5.74) is 4.24. The number of aliphatic carboxylic acids is 1. The van der Waals surface area contributed by atoms with Crippen molar-refractivity contribution in [3.8, 4) is 11.5 Å². The van der Waals surface area contributed by atoms with Gasteiger partial charge in [-0.1, -0.05) is 0 Å². The van der Waals surface area contributed by atoms with Gasteiger partial charge in [0.1, 0.15) is 17.1 Å². The number of phenolic OH excluding ortho intramolecular Hbond substituents is 1. The number of carboxylic acids is 1. The van der Waals surface area contributed by atoms with Gasteiger partial charge in [-0.25, -0.2) is 9.59 Å². The van der Waals surface area contributed by atoms with Crippen LogP contribution in [0.5, 0.6) is 11.5 Å². The number of nitrogens with two attached hydrogens (primary N) is 1. The summed E-state index contributed by atoms with van der Waals surface area (Å²) in [5, 5.41) is 20.0. The number of carboxylic acid groups (broad SMARTS) is 1. The van der Waals surface area contributed by atoms with Crippen LogP contribution < -0.4 is 10.5 Å². The number of nitrogens with zero attached hydrogens (tertiary/aromatic N) is 3. The van der Waals surface area contributed by atoms with Gasteiger partial charge in [0, 0.05) is 44.1 Å². The number of piperazine rings is 1. The summed E-state index contributed by atoms with van der Waals surface area (Å²) in [4.78, 5) is 71.3. The molecule has 0 bridgehead atoms. The topological polar surface area (TPSA) is 199 Å². The zero-order valence-corrected chi connectivity index (χ0v) is 24.2. The zero-order chi connectivity index (χ0) is 31.3. The van der Waals surface area contributed by atoms with Crippen molar-refractivity contribution >= 4 is 40.7 Å². The van der Waals surface area contributed by atoms with E-state index in [-0.39, 0.29) is 79.5 Å². The van der Waals surface area contributed by atoms with Crippen LogP contribution in [0.2, 0.25) is 0 Å². The second-order valence-corrected chi connectivity index (χ2v) is 10.4. The Morgan fingerprint density at radius 2 is 1.67 bits per heavy atom. The summed E-state index contributed by atoms with van der Waals surface area (Å²) < 4.78 is 16.6. The summed E-state index contributed by atoms with van der Waals surface area (Å²) >= 11 is 0. The Hall–Kier alpha value is -4.62. The first-order valence-electron chi connectivity index (χ1n) is 14.3. The van der Waals surface area contributed by atoms with Crippen molar-refractivity contribution in [2.45, 2.75) is 57.5 Å². The van der Waals surface area contributed by atoms with E-state index in [1.165, 1.54) is 28.0 Å². The minimum absolute atomic E-state index is 0.0968. The van der Waals surface area contributed by atoms with Gasteiger partial charge in [0.05, 0.1) is 30.3 Å². The number of hydrogen-bond donors (Lipinski definition) is 3. The minimum atomic E-state index is -1.40. The van der Waals surface area contributed by atoms with Crippen molar-refractivity contribution in [1.82, 2.24) is 14.8 Å². The first-order valence-corrected chi connectivity index (χ1v) is 14.3. The summed E-state index contributed by atoms with van der Waals surface area (Å²) in [7, 11) is 0. The van der Waals surface area contributed by atoms with Crippen molar-refractivity contribution < 1.29 is 48.4 Å². The second kappa shape index (κ2) is 13.1. The van der Waals surface area contributed by atoms with Crippen molar-refractivity contribution in [3.63, 3.8) is 0 Å². The maximum absolute atomic E-state index is 14.0. The van der Waals surface area contributed by atoms with Crippen LogP contribution >= 0.6 is 0 Å². The fourth-order valence-electron chi connectivity index (χ4n) is 5.33. The van der Waals surface area contributed by atoms with Gasteiger partial charge in [-0.15, -0.1) is 0 Å². The van der Waals surface area contributed by atoms with Crippen LogP contribution in [0.4, 0.5) is 4.79 Å². The van der Waals surface area contributed by atoms with Gasteiger partial charge in [-0.3, -0.25) is 19.4 Å². The number of aromatic nitrogens is 1. The lowest BCUT2D eigenvalue weighted by Crippen LogP contribution is -2.52. The van der Waals surface area contributed by atoms with E-state index in [0.717, 1.165) is 0 Å². The molecule has 43 heavy (non-hydrogen) atoms. The van der Waals surface area contributed by atoms with E-state index in [0.29, 0.717) is 19.3 Å². The molecule has 2 fully saturated rings. The molecule has 1 aromatic carbocycles. The number of pyridine rings is 1. The number of phenols is 1. The number of ether oxygens (including phenoxy) is 3. The number of carbonyl (C=O) groups excluding carboxylic acids is 4. The monoisotopic (exact) mass is 600 g/mol. The Morgan fingerprint density at radius 1 is 1.02 bits per heavy atom. The van der Waals surface area contributed by atoms with Crippen LogP contribution in [0.1, 0.15) is 67.9 Å². The number of primary amides is 1. The van der Waals surface area contributed by atoms with Crippen molar-refractivity contribution in [3.05, 3.63) is 29.5 Å². The molecule has 4 N–H and O–H groups in total. The van der Waals surface area contributed by atoms with E-state index < -0.39 is 47.8 Å². The summed E-state index contributed by atoms with van der Waals surface area (Å²) in [6, 6.07) is 4.13. The normalized spacial score (nSPS) is 16.6. The van der Waals surface area contributed by atoms with Crippen LogP contribution in [-0.2, 0) is 23.9 Å². The van der Waals surface area contributed by atoms with E-state index in [1.54, 1.807) is 13.8 Å². The highest BCUT2D eigenvalue weighted by molar-refractivity contribution is 6.05. The number of esters is 1. The van der Waals surface area contributed by atoms with Crippen LogP contribution in [0.15, 0.2) is 18.2 Å². The smallest absolute Gasteiger partial charge is 0.409 e. The van der Waals surface area contributed by atoms with Gasteiger partial charge in [-0.2, -0.15) is 0 Å². The molecule has 4 rings (SSSR count). The molecule has 1 aliphatic heterocycles. The Morgan fingerprint density at radius 3 is 2.23 bits per heavy atom. The summed E-state index contributed by atoms with van der Waals surface area (Å²) in [6.07, 6.45) is 0.129. The molecular formula is C29H36N4O10. The Kier molecular flexibility index (Phi) is 9.56. The molecule has 3 amide bonds. The first-order chi connectivity index (χ1) is 20.5. The Bertz CT molecular complexity index is 1420. The fourth-order valence-corrected chi connectivity index (χ4v) is 5.33. The highest BCUT2D eigenvalue weighted by atomic mass is 16.6. The Balaban J connectivity index is 1.82. The van der Waals surface area contributed by atoms with E-state index >= 15 is 0 Å². The number of amides is 3. The molecule has 2 aromatic rings. The van der Waals surface area contributed by atoms with Gasteiger partial charge in [0.15, 0.2) is 0 Å². The fraction of sp³-hybridized carbons (Fsp3) is 0.517. The second-order valence-electron chi connectivity index (χ2n) is 10.4. The van der Waals surface area contributed by atoms with E-state index in [2.05, 4.69) is 4.98 Å². The number of fused-ring (bicyclic) bond motifs is 1. The molecule has 1 aliphatic carbocycles. The molecule has 1 unspecified atom stereocenters. The molecule has 232 valence electrons. The highest BCUT2D eigenvalue weighted by Crippen LogP contribution is 2.44. The number of carbonyl (C=O) groups is 5. The highest BCUT2D eigenvalue weighted by Gasteiger charge is 2.49. The lowest BCUT2D eigenvalue weighted by molar-refractivity contribution is -0.169. The third kappa shape index (κ3) is 6.57. The van der Waals surface area contributed by atoms with Crippen molar-refractivity contribution in [1.29, 1.82) is 0 Å². The largest absolute Gasteiger partial charge is 0.508 e. The average molecular weight is 601 g/mol. The SMILES string of the molecule is CCOC(=O)N1CCN(C(=O)C(CCC(=O)O)c2nc3cc(O)ccc3c(OC3(C(=O)OCC)CCC3)c2C(N)=O)CC1. The molecule has 1 atom stereocenters. The lowest BCUT2D eigenvalue weighted by atomic mass is 9.79. The number of rotatable bonds is 11. The molecule has 1 aromatic heterocycles. The molecule has 14 heteroatoms. The third-order valence-electron chi connectivity index (χ3n) is 7.69. The predicted molar refractivity (Wildman–Crippen MR) is 151 cm³/mol. The van der Waals surface area contributed by atoms with Gasteiger partial charge >= 0.3 is 18.0 Å². The average Bonchev–Trinajstić information content (AvgIpc) is 2.94. The molecule has 0 spiro atoms.